The second-order valence-electron chi connectivity index (χ2n) is 7.29. The smallest absolute Gasteiger partial charge is 0.407 e. The maximum atomic E-state index is 11.8. The number of hydrogen-bond donors (Lipinski definition) is 2. The fourth-order valence-electron chi connectivity index (χ4n) is 2.68. The van der Waals surface area contributed by atoms with Gasteiger partial charge in [0.1, 0.15) is 5.60 Å². The molecule has 5 nitrogen and oxygen atoms in total. The second-order valence-corrected chi connectivity index (χ2v) is 7.29. The van der Waals surface area contributed by atoms with E-state index < -0.39 is 5.60 Å². The van der Waals surface area contributed by atoms with Crippen LogP contribution in [0.3, 0.4) is 0 Å². The molecular formula is C15H31N3O2. The summed E-state index contributed by atoms with van der Waals surface area (Å²) in [6.07, 6.45) is 1.92. The molecule has 0 aromatic carbocycles. The first kappa shape index (κ1) is 17.2. The van der Waals surface area contributed by atoms with Gasteiger partial charge in [0, 0.05) is 12.0 Å². The lowest BCUT2D eigenvalue weighted by Crippen LogP contribution is -2.49. The number of nitrogens with one attached hydrogen (secondary N) is 1. The molecule has 1 heterocycles. The summed E-state index contributed by atoms with van der Waals surface area (Å²) in [5, 5.41) is 2.88. The topological polar surface area (TPSA) is 67.6 Å². The third-order valence-corrected chi connectivity index (χ3v) is 4.21. The fraction of sp³-hybridized carbons (Fsp3) is 0.933. The molecule has 0 aliphatic carbocycles. The van der Waals surface area contributed by atoms with Gasteiger partial charge >= 0.3 is 6.09 Å². The summed E-state index contributed by atoms with van der Waals surface area (Å²) < 4.78 is 5.28. The number of nitrogens with two attached hydrogens (primary N) is 1. The van der Waals surface area contributed by atoms with Crippen LogP contribution in [0, 0.1) is 11.3 Å². The molecule has 1 atom stereocenters. The highest BCUT2D eigenvalue weighted by molar-refractivity contribution is 5.67. The van der Waals surface area contributed by atoms with E-state index in [1.54, 1.807) is 0 Å². The summed E-state index contributed by atoms with van der Waals surface area (Å²) in [5.74, 6) is 0.554. The molecule has 1 rings (SSSR count). The standard InChI is InChI=1S/C15H31N3O2/c1-14(2,3)20-13(19)17-11-15(4,10-16)12-6-8-18(5)9-7-12/h12H,6-11,16H2,1-5H3,(H,17,19). The molecule has 1 amide bonds. The van der Waals surface area contributed by atoms with Crippen molar-refractivity contribution in [2.45, 2.75) is 46.1 Å². The minimum atomic E-state index is -0.462. The molecule has 1 unspecified atom stereocenters. The summed E-state index contributed by atoms with van der Waals surface area (Å²) in [7, 11) is 2.15. The zero-order valence-electron chi connectivity index (χ0n) is 13.7. The SMILES string of the molecule is CN1CCC(C(C)(CN)CNC(=O)OC(C)(C)C)CC1. The molecule has 3 N–H and O–H groups in total. The Labute approximate surface area is 123 Å². The van der Waals surface area contributed by atoms with Gasteiger partial charge in [0.2, 0.25) is 0 Å². The zero-order chi connectivity index (χ0) is 15.4. The maximum absolute atomic E-state index is 11.8. The average molecular weight is 285 g/mol. The van der Waals surface area contributed by atoms with Crippen LogP contribution in [0.2, 0.25) is 0 Å². The van der Waals surface area contributed by atoms with Crippen molar-refractivity contribution < 1.29 is 9.53 Å². The molecule has 1 saturated heterocycles. The van der Waals surface area contributed by atoms with Gasteiger partial charge in [0.05, 0.1) is 0 Å². The molecule has 0 spiro atoms. The first-order valence-corrected chi connectivity index (χ1v) is 7.52. The summed E-state index contributed by atoms with van der Waals surface area (Å²) in [6.45, 7) is 11.1. The molecule has 0 radical (unpaired) electrons. The Bertz CT molecular complexity index is 320. The van der Waals surface area contributed by atoms with E-state index in [0.29, 0.717) is 19.0 Å². The molecule has 0 saturated carbocycles. The largest absolute Gasteiger partial charge is 0.444 e. The van der Waals surface area contributed by atoms with Gasteiger partial charge in [0.25, 0.3) is 0 Å². The Kier molecular flexibility index (Phi) is 5.83. The molecule has 0 bridgehead atoms. The van der Waals surface area contributed by atoms with Gasteiger partial charge < -0.3 is 20.7 Å². The Morgan fingerprint density at radius 1 is 1.30 bits per heavy atom. The Balaban J connectivity index is 2.50. The molecule has 118 valence electrons. The minimum Gasteiger partial charge on any atom is -0.444 e. The van der Waals surface area contributed by atoms with Gasteiger partial charge in [-0.1, -0.05) is 6.92 Å². The number of piperidine rings is 1. The van der Waals surface area contributed by atoms with Crippen molar-refractivity contribution in [3.8, 4) is 0 Å². The highest BCUT2D eigenvalue weighted by atomic mass is 16.6. The van der Waals surface area contributed by atoms with E-state index in [1.807, 2.05) is 20.8 Å². The molecule has 1 fully saturated rings. The lowest BCUT2D eigenvalue weighted by molar-refractivity contribution is 0.0455. The van der Waals surface area contributed by atoms with Crippen molar-refractivity contribution in [2.75, 3.05) is 33.2 Å². The maximum Gasteiger partial charge on any atom is 0.407 e. The van der Waals surface area contributed by atoms with Crippen molar-refractivity contribution in [2.24, 2.45) is 17.1 Å². The van der Waals surface area contributed by atoms with E-state index in [2.05, 4.69) is 24.2 Å². The minimum absolute atomic E-state index is 0.0574. The number of ether oxygens (including phenoxy) is 1. The third-order valence-electron chi connectivity index (χ3n) is 4.21. The van der Waals surface area contributed by atoms with E-state index in [9.17, 15) is 4.79 Å². The Morgan fingerprint density at radius 2 is 1.85 bits per heavy atom. The van der Waals surface area contributed by atoms with Crippen molar-refractivity contribution in [3.63, 3.8) is 0 Å². The van der Waals surface area contributed by atoms with Crippen molar-refractivity contribution in [1.82, 2.24) is 10.2 Å². The third kappa shape index (κ3) is 5.29. The first-order chi connectivity index (χ1) is 9.16. The van der Waals surface area contributed by atoms with Crippen LogP contribution in [0.15, 0.2) is 0 Å². The first-order valence-electron chi connectivity index (χ1n) is 7.52. The number of amides is 1. The van der Waals surface area contributed by atoms with Crippen LogP contribution in [0.4, 0.5) is 4.79 Å². The van der Waals surface area contributed by atoms with Crippen LogP contribution in [0.5, 0.6) is 0 Å². The highest BCUT2D eigenvalue weighted by Gasteiger charge is 2.35. The molecule has 5 heteroatoms. The average Bonchev–Trinajstić information content (AvgIpc) is 2.35. The fourth-order valence-corrected chi connectivity index (χ4v) is 2.68. The van der Waals surface area contributed by atoms with Crippen LogP contribution in [0.25, 0.3) is 0 Å². The van der Waals surface area contributed by atoms with Crippen LogP contribution in [-0.2, 0) is 4.74 Å². The number of hydrogen-bond acceptors (Lipinski definition) is 4. The lowest BCUT2D eigenvalue weighted by Gasteiger charge is -2.41. The lowest BCUT2D eigenvalue weighted by atomic mass is 9.72. The van der Waals surface area contributed by atoms with Crippen molar-refractivity contribution in [1.29, 1.82) is 0 Å². The Hall–Kier alpha value is -0.810. The van der Waals surface area contributed by atoms with E-state index in [-0.39, 0.29) is 11.5 Å². The van der Waals surface area contributed by atoms with Gasteiger partial charge in [-0.25, -0.2) is 4.79 Å². The number of rotatable bonds is 4. The normalized spacial score (nSPS) is 21.3. The zero-order valence-corrected chi connectivity index (χ0v) is 13.7. The monoisotopic (exact) mass is 285 g/mol. The van der Waals surface area contributed by atoms with Crippen LogP contribution in [-0.4, -0.2) is 49.8 Å². The van der Waals surface area contributed by atoms with E-state index >= 15 is 0 Å². The van der Waals surface area contributed by atoms with Crippen LogP contribution < -0.4 is 11.1 Å². The highest BCUT2D eigenvalue weighted by Crippen LogP contribution is 2.33. The molecule has 1 aliphatic heterocycles. The van der Waals surface area contributed by atoms with Gasteiger partial charge in [-0.2, -0.15) is 0 Å². The predicted octanol–water partition coefficient (Wildman–Crippen LogP) is 1.82. The quantitative estimate of drug-likeness (QED) is 0.827. The van der Waals surface area contributed by atoms with Gasteiger partial charge in [-0.05, 0) is 66.2 Å². The van der Waals surface area contributed by atoms with Gasteiger partial charge in [-0.3, -0.25) is 0 Å². The molecule has 20 heavy (non-hydrogen) atoms. The van der Waals surface area contributed by atoms with E-state index in [1.165, 1.54) is 0 Å². The molecule has 1 aliphatic rings. The summed E-state index contributed by atoms with van der Waals surface area (Å²) in [4.78, 5) is 14.1. The summed E-state index contributed by atoms with van der Waals surface area (Å²) >= 11 is 0. The number of likely N-dealkylation sites (tertiary alicyclic amines) is 1. The Morgan fingerprint density at radius 3 is 2.30 bits per heavy atom. The number of carbonyl (C=O) groups excluding carboxylic acids is 1. The summed E-state index contributed by atoms with van der Waals surface area (Å²) in [5.41, 5.74) is 5.46. The summed E-state index contributed by atoms with van der Waals surface area (Å²) in [6, 6.07) is 0. The molecule has 0 aromatic heterocycles. The second kappa shape index (κ2) is 6.76. The van der Waals surface area contributed by atoms with Crippen molar-refractivity contribution in [3.05, 3.63) is 0 Å². The van der Waals surface area contributed by atoms with Crippen molar-refractivity contribution >= 4 is 6.09 Å². The number of alkyl carbamates (subject to hydrolysis) is 1. The van der Waals surface area contributed by atoms with E-state index in [4.69, 9.17) is 10.5 Å². The number of nitrogens with zero attached hydrogens (tertiary/aromatic N) is 1. The van der Waals surface area contributed by atoms with E-state index in [0.717, 1.165) is 25.9 Å². The predicted molar refractivity (Wildman–Crippen MR) is 81.6 cm³/mol. The van der Waals surface area contributed by atoms with Crippen LogP contribution in [0.1, 0.15) is 40.5 Å². The number of carbonyl (C=O) groups is 1. The molecule has 0 aromatic rings. The van der Waals surface area contributed by atoms with Gasteiger partial charge in [0.15, 0.2) is 0 Å². The van der Waals surface area contributed by atoms with Gasteiger partial charge in [-0.15, -0.1) is 0 Å². The van der Waals surface area contributed by atoms with Crippen LogP contribution >= 0.6 is 0 Å². The molecular weight excluding hydrogens is 254 g/mol.